The fourth-order valence-electron chi connectivity index (χ4n) is 3.82. The minimum atomic E-state index is -0.579. The summed E-state index contributed by atoms with van der Waals surface area (Å²) >= 11 is 0. The summed E-state index contributed by atoms with van der Waals surface area (Å²) in [4.78, 5) is 17.2. The van der Waals surface area contributed by atoms with Gasteiger partial charge in [0, 0.05) is 32.7 Å². The van der Waals surface area contributed by atoms with E-state index in [0.29, 0.717) is 0 Å². The molecule has 1 amide bonds. The molecule has 1 heterocycles. The monoisotopic (exact) mass is 315 g/mol. The van der Waals surface area contributed by atoms with Gasteiger partial charge in [-0.05, 0) is 24.8 Å². The Morgan fingerprint density at radius 3 is 2.30 bits per heavy atom. The largest absolute Gasteiger partial charge is 0.339 e. The average molecular weight is 315 g/mol. The molecule has 4 heteroatoms. The van der Waals surface area contributed by atoms with Gasteiger partial charge in [0.2, 0.25) is 5.91 Å². The summed E-state index contributed by atoms with van der Waals surface area (Å²) in [6, 6.07) is 10.6. The third-order valence-corrected chi connectivity index (χ3v) is 5.39. The van der Waals surface area contributed by atoms with Gasteiger partial charge in [0.25, 0.3) is 0 Å². The Hall–Kier alpha value is -1.39. The minimum absolute atomic E-state index is 0.194. The third kappa shape index (κ3) is 4.12. The summed E-state index contributed by atoms with van der Waals surface area (Å²) in [5.41, 5.74) is 7.20. The number of carbonyl (C=O) groups is 1. The van der Waals surface area contributed by atoms with Gasteiger partial charge >= 0.3 is 0 Å². The van der Waals surface area contributed by atoms with E-state index in [1.165, 1.54) is 12.0 Å². The van der Waals surface area contributed by atoms with Gasteiger partial charge in [-0.1, -0.05) is 49.6 Å². The fraction of sp³-hybridized carbons (Fsp3) is 0.632. The summed E-state index contributed by atoms with van der Waals surface area (Å²) in [6.07, 6.45) is 6.22. The maximum absolute atomic E-state index is 12.7. The molecule has 1 aliphatic heterocycles. The van der Waals surface area contributed by atoms with Crippen LogP contribution in [0.25, 0.3) is 0 Å². The Labute approximate surface area is 139 Å². The highest BCUT2D eigenvalue weighted by Gasteiger charge is 2.39. The Balaban J connectivity index is 1.45. The van der Waals surface area contributed by atoms with Crippen molar-refractivity contribution < 1.29 is 4.79 Å². The van der Waals surface area contributed by atoms with E-state index >= 15 is 0 Å². The van der Waals surface area contributed by atoms with E-state index in [1.807, 2.05) is 4.90 Å². The number of hydrogen-bond acceptors (Lipinski definition) is 3. The molecule has 2 N–H and O–H groups in total. The van der Waals surface area contributed by atoms with E-state index < -0.39 is 5.54 Å². The number of hydrogen-bond donors (Lipinski definition) is 1. The van der Waals surface area contributed by atoms with Crippen molar-refractivity contribution in [3.63, 3.8) is 0 Å². The zero-order valence-electron chi connectivity index (χ0n) is 14.0. The number of amides is 1. The number of carbonyl (C=O) groups excluding carboxylic acids is 1. The van der Waals surface area contributed by atoms with E-state index in [9.17, 15) is 4.79 Å². The van der Waals surface area contributed by atoms with Crippen LogP contribution < -0.4 is 5.73 Å². The molecular formula is C19H29N3O. The highest BCUT2D eigenvalue weighted by molar-refractivity contribution is 5.86. The Morgan fingerprint density at radius 1 is 1.00 bits per heavy atom. The van der Waals surface area contributed by atoms with E-state index in [2.05, 4.69) is 35.2 Å². The third-order valence-electron chi connectivity index (χ3n) is 5.39. The van der Waals surface area contributed by atoms with Gasteiger partial charge in [-0.3, -0.25) is 9.69 Å². The SMILES string of the molecule is NC1(C(=O)N2CCN(CCc3ccccc3)CC2)CCCCC1. The molecule has 0 spiro atoms. The van der Waals surface area contributed by atoms with Crippen LogP contribution in [0.1, 0.15) is 37.7 Å². The van der Waals surface area contributed by atoms with Gasteiger partial charge in [-0.25, -0.2) is 0 Å². The molecular weight excluding hydrogens is 286 g/mol. The molecule has 2 fully saturated rings. The van der Waals surface area contributed by atoms with Crippen molar-refractivity contribution in [1.29, 1.82) is 0 Å². The standard InChI is InChI=1S/C19H29N3O/c20-19(10-5-2-6-11-19)18(23)22-15-13-21(14-16-22)12-9-17-7-3-1-4-8-17/h1,3-4,7-8H,2,5-6,9-16,20H2. The molecule has 1 saturated carbocycles. The van der Waals surface area contributed by atoms with Crippen LogP contribution in [0.2, 0.25) is 0 Å². The average Bonchev–Trinajstić information content (AvgIpc) is 2.61. The van der Waals surface area contributed by atoms with Gasteiger partial charge in [0.15, 0.2) is 0 Å². The molecule has 1 aromatic rings. The molecule has 0 unspecified atom stereocenters. The molecule has 4 nitrogen and oxygen atoms in total. The molecule has 23 heavy (non-hydrogen) atoms. The maximum atomic E-state index is 12.7. The van der Waals surface area contributed by atoms with Crippen LogP contribution in [-0.4, -0.2) is 54.0 Å². The summed E-state index contributed by atoms with van der Waals surface area (Å²) in [5, 5.41) is 0. The Kier molecular flexibility index (Phi) is 5.34. The van der Waals surface area contributed by atoms with Crippen LogP contribution in [-0.2, 0) is 11.2 Å². The fourth-order valence-corrected chi connectivity index (χ4v) is 3.82. The summed E-state index contributed by atoms with van der Waals surface area (Å²) in [7, 11) is 0. The highest BCUT2D eigenvalue weighted by Crippen LogP contribution is 2.28. The molecule has 126 valence electrons. The van der Waals surface area contributed by atoms with Crippen LogP contribution in [0.5, 0.6) is 0 Å². The zero-order chi connectivity index (χ0) is 16.1. The molecule has 0 aromatic heterocycles. The van der Waals surface area contributed by atoms with Gasteiger partial charge < -0.3 is 10.6 Å². The first-order valence-electron chi connectivity index (χ1n) is 9.02. The van der Waals surface area contributed by atoms with E-state index in [0.717, 1.165) is 64.8 Å². The van der Waals surface area contributed by atoms with Crippen molar-refractivity contribution in [1.82, 2.24) is 9.80 Å². The van der Waals surface area contributed by atoms with Crippen molar-refractivity contribution >= 4 is 5.91 Å². The van der Waals surface area contributed by atoms with Crippen molar-refractivity contribution in [3.8, 4) is 0 Å². The summed E-state index contributed by atoms with van der Waals surface area (Å²) < 4.78 is 0. The summed E-state index contributed by atoms with van der Waals surface area (Å²) in [5.74, 6) is 0.194. The number of benzene rings is 1. The number of nitrogens with two attached hydrogens (primary N) is 1. The minimum Gasteiger partial charge on any atom is -0.339 e. The van der Waals surface area contributed by atoms with Crippen molar-refractivity contribution in [3.05, 3.63) is 35.9 Å². The first-order chi connectivity index (χ1) is 11.2. The van der Waals surface area contributed by atoms with E-state index in [-0.39, 0.29) is 5.91 Å². The number of nitrogens with zero attached hydrogens (tertiary/aromatic N) is 2. The lowest BCUT2D eigenvalue weighted by Crippen LogP contribution is -2.60. The normalized spacial score (nSPS) is 22.0. The highest BCUT2D eigenvalue weighted by atomic mass is 16.2. The molecule has 2 aliphatic rings. The van der Waals surface area contributed by atoms with Crippen LogP contribution in [0.4, 0.5) is 0 Å². The Bertz CT molecular complexity index is 503. The second-order valence-corrected chi connectivity index (χ2v) is 7.09. The van der Waals surface area contributed by atoms with Crippen molar-refractivity contribution in [2.45, 2.75) is 44.1 Å². The predicted molar refractivity (Wildman–Crippen MR) is 93.2 cm³/mol. The van der Waals surface area contributed by atoms with Gasteiger partial charge in [0.1, 0.15) is 0 Å². The molecule has 0 bridgehead atoms. The van der Waals surface area contributed by atoms with Crippen molar-refractivity contribution in [2.24, 2.45) is 5.73 Å². The van der Waals surface area contributed by atoms with Crippen LogP contribution >= 0.6 is 0 Å². The maximum Gasteiger partial charge on any atom is 0.242 e. The molecule has 1 saturated heterocycles. The second-order valence-electron chi connectivity index (χ2n) is 7.09. The molecule has 1 aliphatic carbocycles. The summed E-state index contributed by atoms with van der Waals surface area (Å²) in [6.45, 7) is 4.66. The molecule has 0 atom stereocenters. The van der Waals surface area contributed by atoms with E-state index in [4.69, 9.17) is 5.73 Å². The smallest absolute Gasteiger partial charge is 0.242 e. The van der Waals surface area contributed by atoms with Gasteiger partial charge in [-0.15, -0.1) is 0 Å². The molecule has 3 rings (SSSR count). The number of piperazine rings is 1. The topological polar surface area (TPSA) is 49.6 Å². The molecule has 1 aromatic carbocycles. The second kappa shape index (κ2) is 7.45. The zero-order valence-corrected chi connectivity index (χ0v) is 14.0. The van der Waals surface area contributed by atoms with Crippen LogP contribution in [0.15, 0.2) is 30.3 Å². The first kappa shape index (κ1) is 16.5. The lowest BCUT2D eigenvalue weighted by atomic mass is 9.81. The quantitative estimate of drug-likeness (QED) is 0.925. The Morgan fingerprint density at radius 2 is 1.65 bits per heavy atom. The van der Waals surface area contributed by atoms with Gasteiger partial charge in [0.05, 0.1) is 5.54 Å². The lowest BCUT2D eigenvalue weighted by molar-refractivity contribution is -0.140. The predicted octanol–water partition coefficient (Wildman–Crippen LogP) is 2.03. The van der Waals surface area contributed by atoms with Gasteiger partial charge in [-0.2, -0.15) is 0 Å². The number of rotatable bonds is 4. The molecule has 0 radical (unpaired) electrons. The van der Waals surface area contributed by atoms with Crippen LogP contribution in [0, 0.1) is 0 Å². The van der Waals surface area contributed by atoms with Crippen molar-refractivity contribution in [2.75, 3.05) is 32.7 Å². The first-order valence-corrected chi connectivity index (χ1v) is 9.02. The lowest BCUT2D eigenvalue weighted by Gasteiger charge is -2.41. The van der Waals surface area contributed by atoms with E-state index in [1.54, 1.807) is 0 Å². The van der Waals surface area contributed by atoms with Crippen LogP contribution in [0.3, 0.4) is 0 Å².